The maximum absolute atomic E-state index is 11.8. The molecule has 1 aliphatic rings. The molecule has 1 aliphatic heterocycles. The molecule has 1 aromatic rings. The Morgan fingerprint density at radius 1 is 1.50 bits per heavy atom. The first kappa shape index (κ1) is 12.2. The van der Waals surface area contributed by atoms with Gasteiger partial charge < -0.3 is 14.8 Å². The van der Waals surface area contributed by atoms with Crippen LogP contribution in [0.4, 0.5) is 4.79 Å². The summed E-state index contributed by atoms with van der Waals surface area (Å²) in [6.07, 6.45) is 0.354. The van der Waals surface area contributed by atoms with E-state index in [0.29, 0.717) is 5.56 Å². The average molecular weight is 247 g/mol. The Morgan fingerprint density at radius 2 is 2.22 bits per heavy atom. The Morgan fingerprint density at radius 3 is 2.78 bits per heavy atom. The van der Waals surface area contributed by atoms with Crippen LogP contribution in [0, 0.1) is 0 Å². The standard InChI is InChI=1S/C13H13NO4/c1-2-11(10-8-17-13(16)14-10)18-12(15)9-6-4-3-5-7-9/h2-7,10-11H,1,8H2,(H,14,16)/t10-,11+/m1/s1. The summed E-state index contributed by atoms with van der Waals surface area (Å²) in [5.74, 6) is -0.457. The van der Waals surface area contributed by atoms with Crippen molar-refractivity contribution >= 4 is 12.1 Å². The van der Waals surface area contributed by atoms with Crippen molar-refractivity contribution in [2.45, 2.75) is 12.1 Å². The Bertz CT molecular complexity index is 457. The summed E-state index contributed by atoms with van der Waals surface area (Å²) in [5, 5.41) is 2.55. The molecular formula is C13H13NO4. The predicted octanol–water partition coefficient (Wildman–Crippen LogP) is 1.51. The Balaban J connectivity index is 2.00. The fourth-order valence-corrected chi connectivity index (χ4v) is 1.64. The van der Waals surface area contributed by atoms with Gasteiger partial charge in [-0.15, -0.1) is 0 Å². The maximum atomic E-state index is 11.8. The van der Waals surface area contributed by atoms with Crippen LogP contribution in [0.3, 0.4) is 0 Å². The first-order chi connectivity index (χ1) is 8.70. The molecule has 18 heavy (non-hydrogen) atoms. The number of rotatable bonds is 4. The number of benzene rings is 1. The smallest absolute Gasteiger partial charge is 0.407 e. The third-order valence-corrected chi connectivity index (χ3v) is 2.58. The van der Waals surface area contributed by atoms with E-state index in [4.69, 9.17) is 9.47 Å². The van der Waals surface area contributed by atoms with Gasteiger partial charge in [0, 0.05) is 0 Å². The van der Waals surface area contributed by atoms with Gasteiger partial charge in [-0.1, -0.05) is 24.8 Å². The van der Waals surface area contributed by atoms with Crippen LogP contribution in [0.5, 0.6) is 0 Å². The molecule has 0 bridgehead atoms. The van der Waals surface area contributed by atoms with Crippen LogP contribution >= 0.6 is 0 Å². The number of carbonyl (C=O) groups is 2. The van der Waals surface area contributed by atoms with E-state index in [1.807, 2.05) is 6.07 Å². The number of esters is 1. The fourth-order valence-electron chi connectivity index (χ4n) is 1.64. The van der Waals surface area contributed by atoms with Crippen LogP contribution in [0.25, 0.3) is 0 Å². The van der Waals surface area contributed by atoms with E-state index in [0.717, 1.165) is 0 Å². The Hall–Kier alpha value is -2.30. The topological polar surface area (TPSA) is 64.6 Å². The molecule has 94 valence electrons. The summed E-state index contributed by atoms with van der Waals surface area (Å²) >= 11 is 0. The van der Waals surface area contributed by atoms with Crippen molar-refractivity contribution in [2.24, 2.45) is 0 Å². The summed E-state index contributed by atoms with van der Waals surface area (Å²) in [5.41, 5.74) is 0.453. The summed E-state index contributed by atoms with van der Waals surface area (Å²) in [6.45, 7) is 3.76. The SMILES string of the molecule is C=C[C@H](OC(=O)c1ccccc1)[C@H]1COC(=O)N1. The van der Waals surface area contributed by atoms with Gasteiger partial charge in [0.25, 0.3) is 0 Å². The zero-order valence-electron chi connectivity index (χ0n) is 9.67. The van der Waals surface area contributed by atoms with Gasteiger partial charge in [0.2, 0.25) is 0 Å². The van der Waals surface area contributed by atoms with Gasteiger partial charge in [-0.3, -0.25) is 0 Å². The van der Waals surface area contributed by atoms with Crippen molar-refractivity contribution in [1.82, 2.24) is 5.32 Å². The van der Waals surface area contributed by atoms with Crippen molar-refractivity contribution in [3.05, 3.63) is 48.6 Å². The second kappa shape index (κ2) is 5.35. The minimum absolute atomic E-state index is 0.164. The number of carbonyl (C=O) groups excluding carboxylic acids is 2. The van der Waals surface area contributed by atoms with Gasteiger partial charge >= 0.3 is 12.1 Å². The van der Waals surface area contributed by atoms with Gasteiger partial charge in [-0.25, -0.2) is 9.59 Å². The minimum atomic E-state index is -0.607. The lowest BCUT2D eigenvalue weighted by molar-refractivity contribution is 0.0327. The molecule has 1 N–H and O–H groups in total. The highest BCUT2D eigenvalue weighted by atomic mass is 16.6. The largest absolute Gasteiger partial charge is 0.452 e. The molecule has 0 aliphatic carbocycles. The van der Waals surface area contributed by atoms with Crippen molar-refractivity contribution in [3.8, 4) is 0 Å². The lowest BCUT2D eigenvalue weighted by atomic mass is 10.1. The highest BCUT2D eigenvalue weighted by molar-refractivity contribution is 5.89. The molecule has 5 heteroatoms. The second-order valence-electron chi connectivity index (χ2n) is 3.82. The minimum Gasteiger partial charge on any atom is -0.452 e. The Labute approximate surface area is 104 Å². The number of ether oxygens (including phenoxy) is 2. The molecule has 0 spiro atoms. The van der Waals surface area contributed by atoms with Gasteiger partial charge in [0.05, 0.1) is 5.56 Å². The molecule has 0 radical (unpaired) electrons. The average Bonchev–Trinajstić information content (AvgIpc) is 2.83. The molecule has 5 nitrogen and oxygen atoms in total. The molecule has 0 saturated carbocycles. The fraction of sp³-hybridized carbons (Fsp3) is 0.231. The molecule has 1 aromatic carbocycles. The van der Waals surface area contributed by atoms with E-state index >= 15 is 0 Å². The van der Waals surface area contributed by atoms with Gasteiger partial charge in [-0.2, -0.15) is 0 Å². The highest BCUT2D eigenvalue weighted by Crippen LogP contribution is 2.11. The predicted molar refractivity (Wildman–Crippen MR) is 64.1 cm³/mol. The number of hydrogen-bond donors (Lipinski definition) is 1. The first-order valence-corrected chi connectivity index (χ1v) is 5.52. The monoisotopic (exact) mass is 247 g/mol. The lowest BCUT2D eigenvalue weighted by Crippen LogP contribution is -2.39. The number of hydrogen-bond acceptors (Lipinski definition) is 4. The molecule has 1 fully saturated rings. The lowest BCUT2D eigenvalue weighted by Gasteiger charge is -2.18. The van der Waals surface area contributed by atoms with Crippen molar-refractivity contribution in [2.75, 3.05) is 6.61 Å². The number of nitrogens with one attached hydrogen (secondary N) is 1. The molecule has 0 unspecified atom stereocenters. The molecule has 2 rings (SSSR count). The van der Waals surface area contributed by atoms with Gasteiger partial charge in [0.1, 0.15) is 18.8 Å². The van der Waals surface area contributed by atoms with Crippen LogP contribution in [0.2, 0.25) is 0 Å². The highest BCUT2D eigenvalue weighted by Gasteiger charge is 2.31. The number of amides is 1. The quantitative estimate of drug-likeness (QED) is 0.647. The zero-order chi connectivity index (χ0) is 13.0. The third kappa shape index (κ3) is 2.68. The molecule has 0 aromatic heterocycles. The number of cyclic esters (lactones) is 1. The van der Waals surface area contributed by atoms with Gasteiger partial charge in [-0.05, 0) is 18.2 Å². The molecule has 1 saturated heterocycles. The van der Waals surface area contributed by atoms with Crippen molar-refractivity contribution < 1.29 is 19.1 Å². The van der Waals surface area contributed by atoms with E-state index in [1.165, 1.54) is 6.08 Å². The zero-order valence-corrected chi connectivity index (χ0v) is 9.67. The van der Waals surface area contributed by atoms with E-state index in [9.17, 15) is 9.59 Å². The molecular weight excluding hydrogens is 234 g/mol. The maximum Gasteiger partial charge on any atom is 0.407 e. The molecule has 1 amide bonds. The summed E-state index contributed by atoms with van der Waals surface area (Å²) in [4.78, 5) is 22.8. The summed E-state index contributed by atoms with van der Waals surface area (Å²) in [7, 11) is 0. The van der Waals surface area contributed by atoms with E-state index < -0.39 is 18.2 Å². The van der Waals surface area contributed by atoms with Crippen LogP contribution in [-0.4, -0.2) is 30.8 Å². The number of alkyl carbamates (subject to hydrolysis) is 1. The normalized spacial score (nSPS) is 19.6. The summed E-state index contributed by atoms with van der Waals surface area (Å²) in [6, 6.07) is 8.24. The van der Waals surface area contributed by atoms with Crippen LogP contribution in [-0.2, 0) is 9.47 Å². The second-order valence-corrected chi connectivity index (χ2v) is 3.82. The van der Waals surface area contributed by atoms with Crippen LogP contribution in [0.15, 0.2) is 43.0 Å². The Kier molecular flexibility index (Phi) is 3.62. The van der Waals surface area contributed by atoms with Crippen molar-refractivity contribution in [3.63, 3.8) is 0 Å². The third-order valence-electron chi connectivity index (χ3n) is 2.58. The summed E-state index contributed by atoms with van der Waals surface area (Å²) < 4.78 is 10.0. The molecule has 1 heterocycles. The van der Waals surface area contributed by atoms with Crippen LogP contribution in [0.1, 0.15) is 10.4 Å². The van der Waals surface area contributed by atoms with Crippen molar-refractivity contribution in [1.29, 1.82) is 0 Å². The van der Waals surface area contributed by atoms with Gasteiger partial charge in [0.15, 0.2) is 0 Å². The van der Waals surface area contributed by atoms with E-state index in [2.05, 4.69) is 11.9 Å². The molecule has 2 atom stereocenters. The van der Waals surface area contributed by atoms with E-state index in [1.54, 1.807) is 24.3 Å². The van der Waals surface area contributed by atoms with E-state index in [-0.39, 0.29) is 12.6 Å². The van der Waals surface area contributed by atoms with Crippen LogP contribution < -0.4 is 5.32 Å². The first-order valence-electron chi connectivity index (χ1n) is 5.52.